The topological polar surface area (TPSA) is 131 Å². The Balaban J connectivity index is 1.34. The number of unbranched alkanes of at least 4 members (excludes halogenated alkanes) is 1. The molecule has 2 aliphatic heterocycles. The van der Waals surface area contributed by atoms with Gasteiger partial charge in [-0.25, -0.2) is 9.69 Å². The van der Waals surface area contributed by atoms with E-state index in [9.17, 15) is 19.2 Å². The van der Waals surface area contributed by atoms with Crippen LogP contribution in [0.25, 0.3) is 0 Å². The van der Waals surface area contributed by atoms with E-state index in [4.69, 9.17) is 30.9 Å². The van der Waals surface area contributed by atoms with E-state index in [1.165, 1.54) is 19.2 Å². The smallest absolute Gasteiger partial charge is 0.337 e. The van der Waals surface area contributed by atoms with Gasteiger partial charge in [-0.05, 0) is 85.5 Å². The monoisotopic (exact) mass is 618 g/mol. The van der Waals surface area contributed by atoms with Gasteiger partial charge in [-0.3, -0.25) is 14.4 Å². The second kappa shape index (κ2) is 13.4. The lowest BCUT2D eigenvalue weighted by molar-refractivity contribution is -0.143. The minimum Gasteiger partial charge on any atom is -0.465 e. The minimum atomic E-state index is -0.712. The Kier molecular flexibility index (Phi) is 9.43. The number of hydrogen-bond acceptors (Lipinski definition) is 8. The van der Waals surface area contributed by atoms with Gasteiger partial charge in [0, 0.05) is 29.7 Å². The SMILES string of the molecule is COC(=O)c1ccc(C2C=C(C(=O)Nc3ccc(N4C(=O)c5ccc(Cl)cc5C4=O)c(C)c3)OC(OCCCCO)C2)cc1. The van der Waals surface area contributed by atoms with Crippen molar-refractivity contribution in [2.75, 3.05) is 30.5 Å². The predicted octanol–water partition coefficient (Wildman–Crippen LogP) is 5.38. The fourth-order valence-corrected chi connectivity index (χ4v) is 5.34. The van der Waals surface area contributed by atoms with Crippen LogP contribution >= 0.6 is 11.6 Å². The number of aliphatic hydroxyl groups excluding tert-OH is 1. The Morgan fingerprint density at radius 2 is 1.77 bits per heavy atom. The number of fused-ring (bicyclic) bond motifs is 1. The first-order valence-electron chi connectivity index (χ1n) is 14.1. The van der Waals surface area contributed by atoms with Crippen molar-refractivity contribution < 1.29 is 38.5 Å². The van der Waals surface area contributed by atoms with Crippen molar-refractivity contribution in [2.24, 2.45) is 0 Å². The molecule has 0 radical (unpaired) electrons. The molecule has 0 bridgehead atoms. The second-order valence-corrected chi connectivity index (χ2v) is 10.9. The second-order valence-electron chi connectivity index (χ2n) is 10.4. The van der Waals surface area contributed by atoms with E-state index >= 15 is 0 Å². The van der Waals surface area contributed by atoms with Crippen molar-refractivity contribution in [3.05, 3.63) is 105 Å². The molecule has 2 heterocycles. The van der Waals surface area contributed by atoms with Gasteiger partial charge in [0.15, 0.2) is 5.76 Å². The molecule has 0 aliphatic carbocycles. The Labute approximate surface area is 259 Å². The third-order valence-electron chi connectivity index (χ3n) is 7.44. The number of methoxy groups -OCH3 is 1. The van der Waals surface area contributed by atoms with E-state index in [0.29, 0.717) is 53.4 Å². The van der Waals surface area contributed by atoms with Gasteiger partial charge in [-0.2, -0.15) is 0 Å². The molecule has 10 nitrogen and oxygen atoms in total. The molecule has 0 aromatic heterocycles. The summed E-state index contributed by atoms with van der Waals surface area (Å²) in [6.45, 7) is 2.14. The number of esters is 1. The van der Waals surface area contributed by atoms with Crippen molar-refractivity contribution in [3.63, 3.8) is 0 Å². The van der Waals surface area contributed by atoms with Gasteiger partial charge in [-0.15, -0.1) is 0 Å². The first-order chi connectivity index (χ1) is 21.2. The van der Waals surface area contributed by atoms with Crippen molar-refractivity contribution >= 4 is 46.7 Å². The molecule has 0 spiro atoms. The van der Waals surface area contributed by atoms with E-state index in [1.807, 2.05) is 0 Å². The maximum Gasteiger partial charge on any atom is 0.337 e. The maximum atomic E-state index is 13.4. The van der Waals surface area contributed by atoms with E-state index in [-0.39, 0.29) is 29.4 Å². The van der Waals surface area contributed by atoms with Crippen molar-refractivity contribution in [1.29, 1.82) is 0 Å². The van der Waals surface area contributed by atoms with Crippen LogP contribution in [0.5, 0.6) is 0 Å². The van der Waals surface area contributed by atoms with Crippen LogP contribution in [0.1, 0.15) is 67.4 Å². The lowest BCUT2D eigenvalue weighted by atomic mass is 9.92. The van der Waals surface area contributed by atoms with Crippen LogP contribution < -0.4 is 10.2 Å². The summed E-state index contributed by atoms with van der Waals surface area (Å²) in [6, 6.07) is 16.4. The highest BCUT2D eigenvalue weighted by atomic mass is 35.5. The van der Waals surface area contributed by atoms with Crippen molar-refractivity contribution in [3.8, 4) is 0 Å². The average Bonchev–Trinajstić information content (AvgIpc) is 3.27. The summed E-state index contributed by atoms with van der Waals surface area (Å²) in [7, 11) is 1.32. The van der Waals surface area contributed by atoms with E-state index in [2.05, 4.69) is 5.32 Å². The van der Waals surface area contributed by atoms with Crippen molar-refractivity contribution in [1.82, 2.24) is 0 Å². The van der Waals surface area contributed by atoms with Gasteiger partial charge < -0.3 is 24.6 Å². The molecular weight excluding hydrogens is 588 g/mol. The molecular formula is C33H31ClN2O8. The molecule has 3 amide bonds. The summed E-state index contributed by atoms with van der Waals surface area (Å²) < 4.78 is 16.6. The summed E-state index contributed by atoms with van der Waals surface area (Å²) >= 11 is 6.04. The summed E-state index contributed by atoms with van der Waals surface area (Å²) in [4.78, 5) is 52.4. The number of halogens is 1. The number of carbonyl (C=O) groups is 4. The van der Waals surface area contributed by atoms with Crippen LogP contribution in [-0.2, 0) is 19.0 Å². The highest BCUT2D eigenvalue weighted by Crippen LogP contribution is 2.35. The maximum absolute atomic E-state index is 13.4. The molecule has 0 saturated carbocycles. The molecule has 3 aromatic rings. The number of nitrogens with one attached hydrogen (secondary N) is 1. The first kappa shape index (κ1) is 30.9. The van der Waals surface area contributed by atoms with E-state index in [1.54, 1.807) is 61.5 Å². The van der Waals surface area contributed by atoms with Gasteiger partial charge >= 0.3 is 5.97 Å². The lowest BCUT2D eigenvalue weighted by Crippen LogP contribution is -2.30. The molecule has 3 aromatic carbocycles. The molecule has 2 unspecified atom stereocenters. The molecule has 44 heavy (non-hydrogen) atoms. The van der Waals surface area contributed by atoms with Gasteiger partial charge in [0.1, 0.15) is 0 Å². The molecule has 11 heteroatoms. The van der Waals surface area contributed by atoms with Crippen LogP contribution in [0.3, 0.4) is 0 Å². The Morgan fingerprint density at radius 3 is 2.48 bits per heavy atom. The normalized spacial score (nSPS) is 17.5. The highest BCUT2D eigenvalue weighted by molar-refractivity contribution is 6.37. The molecule has 2 aliphatic rings. The zero-order valence-electron chi connectivity index (χ0n) is 24.2. The molecule has 2 N–H and O–H groups in total. The van der Waals surface area contributed by atoms with Gasteiger partial charge in [0.2, 0.25) is 6.29 Å². The molecule has 228 valence electrons. The average molecular weight is 619 g/mol. The lowest BCUT2D eigenvalue weighted by Gasteiger charge is -2.29. The summed E-state index contributed by atoms with van der Waals surface area (Å²) in [5.74, 6) is -2.05. The van der Waals surface area contributed by atoms with Crippen LogP contribution in [0.4, 0.5) is 11.4 Å². The number of nitrogens with zero attached hydrogens (tertiary/aromatic N) is 1. The van der Waals surface area contributed by atoms with Crippen LogP contribution in [0.15, 0.2) is 72.5 Å². The number of hydrogen-bond donors (Lipinski definition) is 2. The zero-order valence-corrected chi connectivity index (χ0v) is 24.9. The summed E-state index contributed by atoms with van der Waals surface area (Å²) in [5, 5.41) is 12.3. The molecule has 2 atom stereocenters. The van der Waals surface area contributed by atoms with Crippen molar-refractivity contribution in [2.45, 2.75) is 38.4 Å². The standard InChI is InChI=1S/C33H31ClN2O8/c1-19-15-24(10-12-27(19)36-31(39)25-11-9-23(34)18-26(25)32(36)40)35-30(38)28-16-22(17-29(44-28)43-14-4-3-13-37)20-5-7-21(8-6-20)33(41)42-2/h5-12,15-16,18,22,29,37H,3-4,13-14,17H2,1-2H3,(H,35,38). The number of anilines is 2. The quantitative estimate of drug-likeness (QED) is 0.176. The third-order valence-corrected chi connectivity index (χ3v) is 7.68. The molecule has 5 rings (SSSR count). The number of aliphatic hydroxyl groups is 1. The van der Waals surface area contributed by atoms with E-state index < -0.39 is 30.0 Å². The number of carbonyl (C=O) groups excluding carboxylic acids is 4. The van der Waals surface area contributed by atoms with Crippen LogP contribution in [0, 0.1) is 6.92 Å². The number of allylic oxidation sites excluding steroid dienone is 1. The summed E-state index contributed by atoms with van der Waals surface area (Å²) in [5.41, 5.74) is 3.21. The Morgan fingerprint density at radius 1 is 1.02 bits per heavy atom. The Hall–Kier alpha value is -4.51. The van der Waals surface area contributed by atoms with Gasteiger partial charge in [0.25, 0.3) is 17.7 Å². The minimum absolute atomic E-state index is 0.0528. The zero-order chi connectivity index (χ0) is 31.4. The fourth-order valence-electron chi connectivity index (χ4n) is 5.17. The highest BCUT2D eigenvalue weighted by Gasteiger charge is 2.37. The molecule has 0 saturated heterocycles. The number of aryl methyl sites for hydroxylation is 1. The number of imide groups is 1. The van der Waals surface area contributed by atoms with E-state index in [0.717, 1.165) is 10.5 Å². The number of ether oxygens (including phenoxy) is 3. The van der Waals surface area contributed by atoms with Gasteiger partial charge in [-0.1, -0.05) is 23.7 Å². The van der Waals surface area contributed by atoms with Crippen LogP contribution in [0.2, 0.25) is 5.02 Å². The Bertz CT molecular complexity index is 1640. The summed E-state index contributed by atoms with van der Waals surface area (Å²) in [6.07, 6.45) is 2.65. The number of benzene rings is 3. The largest absolute Gasteiger partial charge is 0.465 e. The first-order valence-corrected chi connectivity index (χ1v) is 14.5. The fraction of sp³-hybridized carbons (Fsp3) is 0.273. The predicted molar refractivity (Wildman–Crippen MR) is 163 cm³/mol. The van der Waals surface area contributed by atoms with Gasteiger partial charge in [0.05, 0.1) is 36.1 Å². The number of rotatable bonds is 10. The number of amides is 3. The molecule has 0 fully saturated rings. The third kappa shape index (κ3) is 6.52. The van der Waals surface area contributed by atoms with Crippen LogP contribution in [-0.4, -0.2) is 55.4 Å².